The van der Waals surface area contributed by atoms with Gasteiger partial charge in [0.1, 0.15) is 0 Å². The fraction of sp³-hybridized carbons (Fsp3) is 0.727. The molecule has 6 heteroatoms. The predicted molar refractivity (Wildman–Crippen MR) is 106 cm³/mol. The number of unbranched alkanes of at least 4 members (excludes halogenated alkanes) is 3. The van der Waals surface area contributed by atoms with Gasteiger partial charge in [-0.25, -0.2) is 0 Å². The first-order chi connectivity index (χ1) is 13.2. The summed E-state index contributed by atoms with van der Waals surface area (Å²) in [4.78, 5) is 24.4. The van der Waals surface area contributed by atoms with Gasteiger partial charge in [0.15, 0.2) is 0 Å². The minimum absolute atomic E-state index is 0.199. The van der Waals surface area contributed by atoms with Gasteiger partial charge in [-0.1, -0.05) is 38.8 Å². The average molecular weight is 398 g/mol. The van der Waals surface area contributed by atoms with Crippen molar-refractivity contribution in [2.24, 2.45) is 11.8 Å². The average Bonchev–Trinajstić information content (AvgIpc) is 2.89. The Balaban J connectivity index is 2.55. The van der Waals surface area contributed by atoms with Crippen LogP contribution >= 0.6 is 0 Å². The van der Waals surface area contributed by atoms with Crippen LogP contribution in [0.25, 0.3) is 0 Å². The molecule has 1 amide bonds. The number of ether oxygens (including phenoxy) is 1. The topological polar surface area (TPSA) is 46.6 Å². The largest absolute Gasteiger partial charge is 0.469 e. The van der Waals surface area contributed by atoms with Gasteiger partial charge in [0, 0.05) is 25.8 Å². The molecule has 0 N–H and O–H groups in total. The van der Waals surface area contributed by atoms with Gasteiger partial charge in [-0.15, -0.1) is 11.8 Å². The van der Waals surface area contributed by atoms with Gasteiger partial charge in [-0.3, -0.25) is 9.59 Å². The number of rotatable bonds is 11. The molecule has 158 valence electrons. The number of hydrogen-bond acceptors (Lipinski definition) is 3. The quantitative estimate of drug-likeness (QED) is 0.222. The second-order valence-corrected chi connectivity index (χ2v) is 7.57. The highest BCUT2D eigenvalue weighted by molar-refractivity contribution is 5.86. The van der Waals surface area contributed by atoms with Gasteiger partial charge in [0.25, 0.3) is 5.91 Å². The Bertz CT molecular complexity index is 607. The fourth-order valence-electron chi connectivity index (χ4n) is 3.21. The molecule has 1 aliphatic rings. The lowest BCUT2D eigenvalue weighted by Gasteiger charge is -2.22. The summed E-state index contributed by atoms with van der Waals surface area (Å²) in [7, 11) is 1.36. The molecule has 1 fully saturated rings. The Morgan fingerprint density at radius 3 is 2.64 bits per heavy atom. The summed E-state index contributed by atoms with van der Waals surface area (Å²) in [6.45, 7) is 6.23. The highest BCUT2D eigenvalue weighted by atomic mass is 19.3. The SMILES string of the molecule is CC#CCC(C)[C@@H](C)/C=C/[C@H]1CC(F)(F)C(=O)N1CCCCCCC(=O)OC. The molecule has 0 aliphatic carbocycles. The molecule has 3 atom stereocenters. The lowest BCUT2D eigenvalue weighted by atomic mass is 9.92. The number of esters is 1. The van der Waals surface area contributed by atoms with E-state index in [0.29, 0.717) is 31.7 Å². The van der Waals surface area contributed by atoms with Crippen LogP contribution < -0.4 is 0 Å². The molecule has 1 rings (SSSR count). The van der Waals surface area contributed by atoms with Gasteiger partial charge >= 0.3 is 11.9 Å². The van der Waals surface area contributed by atoms with Crippen molar-refractivity contribution in [3.8, 4) is 11.8 Å². The molecule has 0 aromatic carbocycles. The lowest BCUT2D eigenvalue weighted by molar-refractivity contribution is -0.148. The Hall–Kier alpha value is -1.90. The number of alkyl halides is 2. The summed E-state index contributed by atoms with van der Waals surface area (Å²) >= 11 is 0. The van der Waals surface area contributed by atoms with Gasteiger partial charge in [0.2, 0.25) is 0 Å². The summed E-state index contributed by atoms with van der Waals surface area (Å²) < 4.78 is 32.5. The molecule has 0 radical (unpaired) electrons. The van der Waals surface area contributed by atoms with Crippen LogP contribution in [-0.2, 0) is 14.3 Å². The molecule has 1 unspecified atom stereocenters. The summed E-state index contributed by atoms with van der Waals surface area (Å²) in [5.41, 5.74) is 0. The van der Waals surface area contributed by atoms with E-state index in [-0.39, 0.29) is 11.9 Å². The van der Waals surface area contributed by atoms with Crippen molar-refractivity contribution in [2.75, 3.05) is 13.7 Å². The third-order valence-electron chi connectivity index (χ3n) is 5.33. The standard InChI is InChI=1S/C22H33F2NO3/c1-5-6-11-17(2)18(3)13-14-19-16-22(23,24)21(27)25(19)15-10-8-7-9-12-20(26)28-4/h13-14,17-19H,7-12,15-16H2,1-4H3/b14-13+/t17?,18-,19-/m0/s1. The van der Waals surface area contributed by atoms with Crippen LogP contribution in [0, 0.1) is 23.7 Å². The number of carbonyl (C=O) groups excluding carboxylic acids is 2. The van der Waals surface area contributed by atoms with Crippen molar-refractivity contribution in [1.29, 1.82) is 0 Å². The molecule has 1 heterocycles. The lowest BCUT2D eigenvalue weighted by Crippen LogP contribution is -2.36. The maximum atomic E-state index is 14.0. The van der Waals surface area contributed by atoms with Crippen LogP contribution in [0.4, 0.5) is 8.78 Å². The Morgan fingerprint density at radius 1 is 1.32 bits per heavy atom. The maximum Gasteiger partial charge on any atom is 0.327 e. The molecule has 0 aromatic heterocycles. The minimum atomic E-state index is -3.29. The molecule has 4 nitrogen and oxygen atoms in total. The molecule has 0 bridgehead atoms. The molecule has 1 saturated heterocycles. The summed E-state index contributed by atoms with van der Waals surface area (Å²) in [6, 6.07) is -0.565. The normalized spacial score (nSPS) is 20.7. The zero-order valence-electron chi connectivity index (χ0n) is 17.5. The second-order valence-electron chi connectivity index (χ2n) is 7.57. The van der Waals surface area contributed by atoms with Gasteiger partial charge in [-0.2, -0.15) is 8.78 Å². The van der Waals surface area contributed by atoms with Gasteiger partial charge < -0.3 is 9.64 Å². The fourth-order valence-corrected chi connectivity index (χ4v) is 3.21. The number of hydrogen-bond donors (Lipinski definition) is 0. The van der Waals surface area contributed by atoms with E-state index in [2.05, 4.69) is 23.5 Å². The Kier molecular flexibility index (Phi) is 10.2. The monoisotopic (exact) mass is 397 g/mol. The highest BCUT2D eigenvalue weighted by Gasteiger charge is 2.52. The Labute approximate surface area is 167 Å². The van der Waals surface area contributed by atoms with Gasteiger partial charge in [0.05, 0.1) is 13.2 Å². The molecular formula is C22H33F2NO3. The second kappa shape index (κ2) is 11.8. The molecule has 1 aliphatic heterocycles. The van der Waals surface area contributed by atoms with Crippen LogP contribution in [0.3, 0.4) is 0 Å². The van der Waals surface area contributed by atoms with E-state index < -0.39 is 24.3 Å². The third kappa shape index (κ3) is 7.61. The molecular weight excluding hydrogens is 364 g/mol. The van der Waals surface area contributed by atoms with E-state index in [4.69, 9.17) is 0 Å². The van der Waals surface area contributed by atoms with Gasteiger partial charge in [-0.05, 0) is 31.6 Å². The van der Waals surface area contributed by atoms with Crippen molar-refractivity contribution >= 4 is 11.9 Å². The van der Waals surface area contributed by atoms with Crippen molar-refractivity contribution in [1.82, 2.24) is 4.90 Å². The van der Waals surface area contributed by atoms with E-state index in [0.717, 1.165) is 19.3 Å². The number of nitrogens with zero attached hydrogens (tertiary/aromatic N) is 1. The zero-order chi connectivity index (χ0) is 21.2. The molecule has 28 heavy (non-hydrogen) atoms. The number of likely N-dealkylation sites (tertiary alicyclic amines) is 1. The van der Waals surface area contributed by atoms with Crippen LogP contribution in [-0.4, -0.2) is 42.4 Å². The van der Waals surface area contributed by atoms with Crippen molar-refractivity contribution in [3.63, 3.8) is 0 Å². The zero-order valence-corrected chi connectivity index (χ0v) is 17.5. The van der Waals surface area contributed by atoms with E-state index >= 15 is 0 Å². The maximum absolute atomic E-state index is 14.0. The first-order valence-electron chi connectivity index (χ1n) is 10.1. The minimum Gasteiger partial charge on any atom is -0.469 e. The molecule has 0 spiro atoms. The highest BCUT2D eigenvalue weighted by Crippen LogP contribution is 2.34. The molecule has 0 aromatic rings. The first kappa shape index (κ1) is 24.1. The summed E-state index contributed by atoms with van der Waals surface area (Å²) in [5.74, 6) is 1.83. The van der Waals surface area contributed by atoms with E-state index in [1.54, 1.807) is 13.0 Å². The van der Waals surface area contributed by atoms with Crippen molar-refractivity contribution in [3.05, 3.63) is 12.2 Å². The number of carbonyl (C=O) groups is 2. The molecule has 0 saturated carbocycles. The van der Waals surface area contributed by atoms with Crippen LogP contribution in [0.2, 0.25) is 0 Å². The Morgan fingerprint density at radius 2 is 2.00 bits per heavy atom. The van der Waals surface area contributed by atoms with Crippen LogP contribution in [0.1, 0.15) is 65.7 Å². The van der Waals surface area contributed by atoms with Crippen LogP contribution in [0.15, 0.2) is 12.2 Å². The summed E-state index contributed by atoms with van der Waals surface area (Å²) in [6.07, 6.45) is 7.30. The van der Waals surface area contributed by atoms with E-state index in [1.165, 1.54) is 12.0 Å². The van der Waals surface area contributed by atoms with E-state index in [1.807, 2.05) is 13.0 Å². The summed E-state index contributed by atoms with van der Waals surface area (Å²) in [5, 5.41) is 0. The number of amides is 1. The predicted octanol–water partition coefficient (Wildman–Crippen LogP) is 4.59. The van der Waals surface area contributed by atoms with E-state index in [9.17, 15) is 18.4 Å². The van der Waals surface area contributed by atoms with Crippen LogP contribution in [0.5, 0.6) is 0 Å². The smallest absolute Gasteiger partial charge is 0.327 e. The van der Waals surface area contributed by atoms with Crippen molar-refractivity contribution in [2.45, 2.75) is 77.7 Å². The van der Waals surface area contributed by atoms with Crippen molar-refractivity contribution < 1.29 is 23.1 Å². The number of halogens is 2. The number of allylic oxidation sites excluding steroid dienone is 1. The third-order valence-corrected chi connectivity index (χ3v) is 5.33. The number of methoxy groups -OCH3 is 1. The first-order valence-corrected chi connectivity index (χ1v) is 10.1.